The number of hydrogen-bond donors (Lipinski definition) is 1. The van der Waals surface area contributed by atoms with Crippen molar-refractivity contribution in [2.75, 3.05) is 31.7 Å². The molecule has 1 aromatic rings. The molecule has 7 heteroatoms. The fourth-order valence-corrected chi connectivity index (χ4v) is 1.81. The molecule has 0 amide bonds. The molecule has 0 aliphatic heterocycles. The Kier molecular flexibility index (Phi) is 4.52. The molecule has 5 nitrogen and oxygen atoms in total. The van der Waals surface area contributed by atoms with Crippen LogP contribution in [0, 0.1) is 0 Å². The first kappa shape index (κ1) is 13.2. The Morgan fingerprint density at radius 3 is 2.62 bits per heavy atom. The summed E-state index contributed by atoms with van der Waals surface area (Å²) < 4.78 is 24.0. The Morgan fingerprint density at radius 1 is 1.44 bits per heavy atom. The Morgan fingerprint density at radius 2 is 2.12 bits per heavy atom. The molecule has 0 radical (unpaired) electrons. The first-order valence-electron chi connectivity index (χ1n) is 4.67. The minimum absolute atomic E-state index is 0.0321. The van der Waals surface area contributed by atoms with Gasteiger partial charge >= 0.3 is 0 Å². The third-order valence-corrected chi connectivity index (χ3v) is 4.01. The van der Waals surface area contributed by atoms with Crippen molar-refractivity contribution in [1.29, 1.82) is 0 Å². The van der Waals surface area contributed by atoms with Crippen molar-refractivity contribution in [2.24, 2.45) is 0 Å². The van der Waals surface area contributed by atoms with E-state index < -0.39 is 10.0 Å². The zero-order valence-corrected chi connectivity index (χ0v) is 10.7. The van der Waals surface area contributed by atoms with Crippen molar-refractivity contribution in [3.8, 4) is 0 Å². The van der Waals surface area contributed by atoms with Gasteiger partial charge in [-0.3, -0.25) is 0 Å². The molecular formula is C9H14ClN3O2S. The van der Waals surface area contributed by atoms with Gasteiger partial charge in [0.25, 0.3) is 0 Å². The molecule has 1 heterocycles. The number of anilines is 1. The van der Waals surface area contributed by atoms with Crippen LogP contribution in [0.4, 0.5) is 5.82 Å². The van der Waals surface area contributed by atoms with Crippen LogP contribution in [0.15, 0.2) is 18.3 Å². The largest absolute Gasteiger partial charge is 0.369 e. The van der Waals surface area contributed by atoms with Crippen molar-refractivity contribution in [2.45, 2.75) is 0 Å². The second-order valence-electron chi connectivity index (χ2n) is 3.39. The first-order valence-corrected chi connectivity index (χ1v) is 6.66. The van der Waals surface area contributed by atoms with Gasteiger partial charge in [-0.05, 0) is 12.1 Å². The monoisotopic (exact) mass is 263 g/mol. The molecule has 0 spiro atoms. The van der Waals surface area contributed by atoms with Gasteiger partial charge in [0.15, 0.2) is 0 Å². The van der Waals surface area contributed by atoms with E-state index in [1.54, 1.807) is 12.1 Å². The van der Waals surface area contributed by atoms with Crippen LogP contribution in [0.1, 0.15) is 0 Å². The van der Waals surface area contributed by atoms with Crippen LogP contribution < -0.4 is 5.32 Å². The number of rotatable bonds is 5. The lowest BCUT2D eigenvalue weighted by Gasteiger charge is -2.11. The third kappa shape index (κ3) is 3.96. The summed E-state index contributed by atoms with van der Waals surface area (Å²) in [6.07, 6.45) is 1.50. The number of aromatic nitrogens is 1. The highest BCUT2D eigenvalue weighted by atomic mass is 35.5. The summed E-state index contributed by atoms with van der Waals surface area (Å²) in [7, 11) is -0.140. The molecule has 0 atom stereocenters. The van der Waals surface area contributed by atoms with Crippen LogP contribution in [0.3, 0.4) is 0 Å². The maximum Gasteiger partial charge on any atom is 0.215 e. The standard InChI is InChI=1S/C9H14ClN3O2S/c1-13(2)16(14,15)6-5-11-9-4-3-8(10)7-12-9/h3-4,7H,5-6H2,1-2H3,(H,11,12). The number of pyridine rings is 1. The quantitative estimate of drug-likeness (QED) is 0.862. The van der Waals surface area contributed by atoms with Crippen LogP contribution in [0.2, 0.25) is 5.02 Å². The molecule has 1 rings (SSSR count). The fraction of sp³-hybridized carbons (Fsp3) is 0.444. The second kappa shape index (κ2) is 5.47. The lowest BCUT2D eigenvalue weighted by Crippen LogP contribution is -2.28. The highest BCUT2D eigenvalue weighted by Gasteiger charge is 2.12. The van der Waals surface area contributed by atoms with Crippen molar-refractivity contribution in [1.82, 2.24) is 9.29 Å². The van der Waals surface area contributed by atoms with Gasteiger partial charge < -0.3 is 5.32 Å². The molecule has 0 aromatic carbocycles. The van der Waals surface area contributed by atoms with E-state index in [1.165, 1.54) is 24.6 Å². The predicted molar refractivity (Wildman–Crippen MR) is 65.2 cm³/mol. The normalized spacial score (nSPS) is 11.8. The van der Waals surface area contributed by atoms with Crippen molar-refractivity contribution in [3.63, 3.8) is 0 Å². The average molecular weight is 264 g/mol. The Labute approximate surface area is 100 Å². The van der Waals surface area contributed by atoms with Gasteiger partial charge in [-0.25, -0.2) is 17.7 Å². The number of halogens is 1. The van der Waals surface area contributed by atoms with E-state index in [1.807, 2.05) is 0 Å². The fourth-order valence-electron chi connectivity index (χ4n) is 0.971. The topological polar surface area (TPSA) is 62.3 Å². The maximum absolute atomic E-state index is 11.4. The third-order valence-electron chi connectivity index (χ3n) is 1.95. The van der Waals surface area contributed by atoms with Gasteiger partial charge in [-0.2, -0.15) is 0 Å². The van der Waals surface area contributed by atoms with E-state index in [0.717, 1.165) is 0 Å². The van der Waals surface area contributed by atoms with Gasteiger partial charge in [0.1, 0.15) is 5.82 Å². The van der Waals surface area contributed by atoms with Gasteiger partial charge in [0.2, 0.25) is 10.0 Å². The minimum Gasteiger partial charge on any atom is -0.369 e. The summed E-state index contributed by atoms with van der Waals surface area (Å²) >= 11 is 5.67. The molecule has 16 heavy (non-hydrogen) atoms. The van der Waals surface area contributed by atoms with E-state index >= 15 is 0 Å². The number of nitrogens with zero attached hydrogens (tertiary/aromatic N) is 2. The van der Waals surface area contributed by atoms with Crippen molar-refractivity contribution >= 4 is 27.4 Å². The number of nitrogens with one attached hydrogen (secondary N) is 1. The van der Waals surface area contributed by atoms with Crippen LogP contribution in [-0.2, 0) is 10.0 Å². The molecule has 0 saturated heterocycles. The molecule has 1 aromatic heterocycles. The molecular weight excluding hydrogens is 250 g/mol. The summed E-state index contributed by atoms with van der Waals surface area (Å²) in [6, 6.07) is 3.39. The molecule has 0 aliphatic carbocycles. The molecule has 0 unspecified atom stereocenters. The molecule has 0 saturated carbocycles. The van der Waals surface area contributed by atoms with E-state index in [0.29, 0.717) is 17.4 Å². The summed E-state index contributed by atoms with van der Waals surface area (Å²) in [5.74, 6) is 0.642. The molecule has 90 valence electrons. The van der Waals surface area contributed by atoms with Gasteiger partial charge in [-0.1, -0.05) is 11.6 Å². The van der Waals surface area contributed by atoms with Gasteiger partial charge in [0.05, 0.1) is 10.8 Å². The van der Waals surface area contributed by atoms with E-state index in [4.69, 9.17) is 11.6 Å². The van der Waals surface area contributed by atoms with E-state index in [2.05, 4.69) is 10.3 Å². The molecule has 0 aliphatic rings. The summed E-state index contributed by atoms with van der Waals surface area (Å²) in [4.78, 5) is 3.99. The highest BCUT2D eigenvalue weighted by molar-refractivity contribution is 7.89. The summed E-state index contributed by atoms with van der Waals surface area (Å²) in [5, 5.41) is 3.45. The minimum atomic E-state index is -3.16. The number of hydrogen-bond acceptors (Lipinski definition) is 4. The lowest BCUT2D eigenvalue weighted by molar-refractivity contribution is 0.521. The van der Waals surface area contributed by atoms with Gasteiger partial charge in [-0.15, -0.1) is 0 Å². The summed E-state index contributed by atoms with van der Waals surface area (Å²) in [5.41, 5.74) is 0. The van der Waals surface area contributed by atoms with Crippen molar-refractivity contribution in [3.05, 3.63) is 23.4 Å². The average Bonchev–Trinajstić information content (AvgIpc) is 2.20. The zero-order chi connectivity index (χ0) is 12.2. The zero-order valence-electron chi connectivity index (χ0n) is 9.14. The molecule has 0 fully saturated rings. The highest BCUT2D eigenvalue weighted by Crippen LogP contribution is 2.09. The lowest BCUT2D eigenvalue weighted by atomic mass is 10.4. The Hall–Kier alpha value is -0.850. The van der Waals surface area contributed by atoms with Crippen LogP contribution in [0.5, 0.6) is 0 Å². The van der Waals surface area contributed by atoms with Crippen LogP contribution in [0.25, 0.3) is 0 Å². The first-order chi connectivity index (χ1) is 7.42. The Bertz CT molecular complexity index is 431. The summed E-state index contributed by atoms with van der Waals surface area (Å²) in [6.45, 7) is 0.315. The Balaban J connectivity index is 2.45. The predicted octanol–water partition coefficient (Wildman–Crippen LogP) is 1.04. The van der Waals surface area contributed by atoms with E-state index in [-0.39, 0.29) is 5.75 Å². The SMILES string of the molecule is CN(C)S(=O)(=O)CCNc1ccc(Cl)cn1. The van der Waals surface area contributed by atoms with Crippen LogP contribution in [-0.4, -0.2) is 44.1 Å². The molecule has 1 N–H and O–H groups in total. The van der Waals surface area contributed by atoms with Gasteiger partial charge in [0, 0.05) is 26.8 Å². The maximum atomic E-state index is 11.4. The van der Waals surface area contributed by atoms with Crippen LogP contribution >= 0.6 is 11.6 Å². The smallest absolute Gasteiger partial charge is 0.215 e. The second-order valence-corrected chi connectivity index (χ2v) is 6.13. The number of sulfonamides is 1. The van der Waals surface area contributed by atoms with E-state index in [9.17, 15) is 8.42 Å². The molecule has 0 bridgehead atoms. The van der Waals surface area contributed by atoms with Crippen molar-refractivity contribution < 1.29 is 8.42 Å².